The Kier molecular flexibility index (Phi) is 3.89. The average Bonchev–Trinajstić information content (AvgIpc) is 2.57. The zero-order valence-electron chi connectivity index (χ0n) is 8.06. The Labute approximate surface area is 96.5 Å². The number of carbonyl (C=O) groups is 1. The summed E-state index contributed by atoms with van der Waals surface area (Å²) in [5.41, 5.74) is 4.37. The van der Waals surface area contributed by atoms with E-state index in [0.29, 0.717) is 0 Å². The van der Waals surface area contributed by atoms with E-state index in [2.05, 4.69) is 15.0 Å². The molecule has 0 aliphatic heterocycles. The van der Waals surface area contributed by atoms with Crippen LogP contribution in [0, 0.1) is 0 Å². The summed E-state index contributed by atoms with van der Waals surface area (Å²) in [6, 6.07) is 0. The van der Waals surface area contributed by atoms with Crippen LogP contribution in [0.15, 0.2) is 10.5 Å². The summed E-state index contributed by atoms with van der Waals surface area (Å²) < 4.78 is 35.2. The fraction of sp³-hybridized carbons (Fsp3) is 0.286. The highest BCUT2D eigenvalue weighted by Crippen LogP contribution is 2.16. The summed E-state index contributed by atoms with van der Waals surface area (Å²) in [6.07, 6.45) is -4.59. The summed E-state index contributed by atoms with van der Waals surface area (Å²) in [4.78, 5) is 18.2. The first-order valence-electron chi connectivity index (χ1n) is 4.01. The Bertz CT molecular complexity index is 443. The molecule has 94 valence electrons. The van der Waals surface area contributed by atoms with E-state index in [1.807, 2.05) is 0 Å². The number of halogens is 3. The molecule has 0 aromatic carbocycles. The number of nitrogens with zero attached hydrogens (tertiary/aromatic N) is 2. The van der Waals surface area contributed by atoms with Crippen molar-refractivity contribution in [3.8, 4) is 0 Å². The summed E-state index contributed by atoms with van der Waals surface area (Å²) in [5, 5.41) is 12.9. The first kappa shape index (κ1) is 13.2. The molecule has 0 amide bonds. The van der Waals surface area contributed by atoms with Gasteiger partial charge in [0.1, 0.15) is 5.69 Å². The van der Waals surface area contributed by atoms with Gasteiger partial charge in [-0.1, -0.05) is 5.16 Å². The number of alkyl halides is 3. The van der Waals surface area contributed by atoms with Crippen LogP contribution >= 0.6 is 11.3 Å². The minimum absolute atomic E-state index is 0.0739. The van der Waals surface area contributed by atoms with Crippen molar-refractivity contribution in [2.45, 2.75) is 6.18 Å². The molecular formula is C7H6F3N3O3S. The van der Waals surface area contributed by atoms with E-state index in [-0.39, 0.29) is 10.8 Å². The van der Waals surface area contributed by atoms with Crippen LogP contribution in [0.25, 0.3) is 0 Å². The van der Waals surface area contributed by atoms with Crippen LogP contribution in [0.5, 0.6) is 0 Å². The van der Waals surface area contributed by atoms with Crippen LogP contribution in [0.3, 0.4) is 0 Å². The number of nitrogens with two attached hydrogens (primary N) is 1. The van der Waals surface area contributed by atoms with Crippen molar-refractivity contribution in [3.05, 3.63) is 11.1 Å². The van der Waals surface area contributed by atoms with Crippen molar-refractivity contribution in [1.82, 2.24) is 4.98 Å². The van der Waals surface area contributed by atoms with Crippen LogP contribution in [-0.2, 0) is 9.63 Å². The summed E-state index contributed by atoms with van der Waals surface area (Å²) in [7, 11) is 0. The van der Waals surface area contributed by atoms with Crippen molar-refractivity contribution in [2.75, 3.05) is 12.3 Å². The van der Waals surface area contributed by atoms with Gasteiger partial charge in [-0.25, -0.2) is 9.78 Å². The zero-order valence-corrected chi connectivity index (χ0v) is 8.88. The first-order chi connectivity index (χ1) is 7.79. The number of hydrogen-bond donors (Lipinski definition) is 2. The maximum atomic E-state index is 11.7. The number of hydrogen-bond acceptors (Lipinski definition) is 6. The van der Waals surface area contributed by atoms with E-state index in [9.17, 15) is 18.0 Å². The SMILES string of the molecule is Nc1nc(C(=NOCC(F)(F)F)C(=O)O)cs1. The van der Waals surface area contributed by atoms with Gasteiger partial charge in [-0.15, -0.1) is 11.3 Å². The number of aliphatic carboxylic acids is 1. The highest BCUT2D eigenvalue weighted by Gasteiger charge is 2.29. The molecule has 0 saturated carbocycles. The monoisotopic (exact) mass is 269 g/mol. The molecular weight excluding hydrogens is 263 g/mol. The Balaban J connectivity index is 2.80. The lowest BCUT2D eigenvalue weighted by molar-refractivity contribution is -0.174. The lowest BCUT2D eigenvalue weighted by Crippen LogP contribution is -2.19. The van der Waals surface area contributed by atoms with Crippen LogP contribution < -0.4 is 5.73 Å². The predicted octanol–water partition coefficient (Wildman–Crippen LogP) is 1.09. The molecule has 1 aromatic rings. The number of thiazole rings is 1. The number of rotatable bonds is 4. The minimum Gasteiger partial charge on any atom is -0.476 e. The van der Waals surface area contributed by atoms with Crippen LogP contribution in [0.2, 0.25) is 0 Å². The molecule has 3 N–H and O–H groups in total. The van der Waals surface area contributed by atoms with Gasteiger partial charge in [0.2, 0.25) is 12.3 Å². The van der Waals surface area contributed by atoms with Crippen LogP contribution in [-0.4, -0.2) is 34.6 Å². The average molecular weight is 269 g/mol. The molecule has 0 saturated heterocycles. The summed E-state index contributed by atoms with van der Waals surface area (Å²) in [5.74, 6) is -1.56. The van der Waals surface area contributed by atoms with Gasteiger partial charge in [-0.3, -0.25) is 0 Å². The lowest BCUT2D eigenvalue weighted by Gasteiger charge is -2.04. The first-order valence-corrected chi connectivity index (χ1v) is 4.89. The molecule has 0 aliphatic carbocycles. The fourth-order valence-electron chi connectivity index (χ4n) is 0.762. The number of carboxylic acids is 1. The maximum Gasteiger partial charge on any atom is 0.425 e. The van der Waals surface area contributed by atoms with Crippen molar-refractivity contribution in [1.29, 1.82) is 0 Å². The molecule has 1 rings (SSSR count). The van der Waals surface area contributed by atoms with Gasteiger partial charge in [0.15, 0.2) is 5.13 Å². The van der Waals surface area contributed by atoms with E-state index < -0.39 is 24.5 Å². The van der Waals surface area contributed by atoms with Crippen molar-refractivity contribution in [3.63, 3.8) is 0 Å². The third kappa shape index (κ3) is 4.26. The van der Waals surface area contributed by atoms with Crippen LogP contribution in [0.1, 0.15) is 5.69 Å². The molecule has 0 radical (unpaired) electrons. The number of oxime groups is 1. The van der Waals surface area contributed by atoms with E-state index in [1.165, 1.54) is 5.38 Å². The van der Waals surface area contributed by atoms with Gasteiger partial charge < -0.3 is 15.7 Å². The molecule has 10 heteroatoms. The van der Waals surface area contributed by atoms with Gasteiger partial charge in [0.05, 0.1) is 0 Å². The Morgan fingerprint density at radius 1 is 1.65 bits per heavy atom. The molecule has 0 aliphatic rings. The Morgan fingerprint density at radius 2 is 2.29 bits per heavy atom. The standard InChI is InChI=1S/C7H6F3N3O3S/c8-7(9,10)2-16-13-4(5(14)15)3-1-17-6(11)12-3/h1H,2H2,(H2,11,12)(H,14,15). The second kappa shape index (κ2) is 4.99. The van der Waals surface area contributed by atoms with E-state index in [0.717, 1.165) is 11.3 Å². The number of nitrogen functional groups attached to an aromatic ring is 1. The van der Waals surface area contributed by atoms with E-state index in [4.69, 9.17) is 10.8 Å². The van der Waals surface area contributed by atoms with Gasteiger partial charge in [-0.05, 0) is 0 Å². The van der Waals surface area contributed by atoms with E-state index >= 15 is 0 Å². The highest BCUT2D eigenvalue weighted by molar-refractivity contribution is 7.13. The molecule has 1 aromatic heterocycles. The van der Waals surface area contributed by atoms with Crippen molar-refractivity contribution >= 4 is 28.1 Å². The molecule has 0 fully saturated rings. The van der Waals surface area contributed by atoms with Gasteiger partial charge >= 0.3 is 12.1 Å². The third-order valence-electron chi connectivity index (χ3n) is 1.35. The Morgan fingerprint density at radius 3 is 2.71 bits per heavy atom. The molecule has 0 atom stereocenters. The van der Waals surface area contributed by atoms with Crippen molar-refractivity contribution in [2.24, 2.45) is 5.16 Å². The second-order valence-electron chi connectivity index (χ2n) is 2.70. The van der Waals surface area contributed by atoms with Gasteiger partial charge in [0.25, 0.3) is 0 Å². The second-order valence-corrected chi connectivity index (χ2v) is 3.59. The highest BCUT2D eigenvalue weighted by atomic mass is 32.1. The molecule has 0 unspecified atom stereocenters. The summed E-state index contributed by atoms with van der Waals surface area (Å²) >= 11 is 0.934. The van der Waals surface area contributed by atoms with Crippen molar-refractivity contribution < 1.29 is 27.9 Å². The van der Waals surface area contributed by atoms with Crippen LogP contribution in [0.4, 0.5) is 18.3 Å². The number of aromatic nitrogens is 1. The number of carboxylic acid groups (broad SMARTS) is 1. The zero-order chi connectivity index (χ0) is 13.1. The largest absolute Gasteiger partial charge is 0.476 e. The lowest BCUT2D eigenvalue weighted by atomic mass is 10.3. The Hall–Kier alpha value is -1.84. The third-order valence-corrected chi connectivity index (χ3v) is 2.03. The molecule has 17 heavy (non-hydrogen) atoms. The minimum atomic E-state index is -4.59. The summed E-state index contributed by atoms with van der Waals surface area (Å²) in [6.45, 7) is -1.68. The number of anilines is 1. The molecule has 0 bridgehead atoms. The molecule has 0 spiro atoms. The topological polar surface area (TPSA) is 97.8 Å². The fourth-order valence-corrected chi connectivity index (χ4v) is 1.31. The van der Waals surface area contributed by atoms with Gasteiger partial charge in [0, 0.05) is 5.38 Å². The van der Waals surface area contributed by atoms with E-state index in [1.54, 1.807) is 0 Å². The normalized spacial score (nSPS) is 12.5. The maximum absolute atomic E-state index is 11.7. The molecule has 6 nitrogen and oxygen atoms in total. The predicted molar refractivity (Wildman–Crippen MR) is 52.7 cm³/mol. The quantitative estimate of drug-likeness (QED) is 0.630. The van der Waals surface area contributed by atoms with Gasteiger partial charge in [-0.2, -0.15) is 13.2 Å². The smallest absolute Gasteiger partial charge is 0.425 e. The molecule has 1 heterocycles.